The Morgan fingerprint density at radius 1 is 1.03 bits per heavy atom. The van der Waals surface area contributed by atoms with Crippen LogP contribution < -0.4 is 0 Å². The van der Waals surface area contributed by atoms with Crippen molar-refractivity contribution in [3.63, 3.8) is 0 Å². The first-order chi connectivity index (χ1) is 14.4. The second kappa shape index (κ2) is 7.69. The minimum absolute atomic E-state index is 0.0242. The van der Waals surface area contributed by atoms with Crippen molar-refractivity contribution in [3.8, 4) is 0 Å². The molecule has 4 aliphatic heterocycles. The third-order valence-electron chi connectivity index (χ3n) is 8.02. The third-order valence-corrected chi connectivity index (χ3v) is 8.27. The van der Waals surface area contributed by atoms with E-state index in [2.05, 4.69) is 60.0 Å². The number of halogens is 1. The standard InChI is InChI=1S/C26H31ClN2O/c1-26(2)23(19-11-14-28(26)15-12-19)17-24(30)29-16-13-18-5-3-4-6-22(18)25(29)20-7-9-21(27)10-8-20/h3-10,19,23,25H,11-17H2,1-2H3/t23-,25-/m0/s1. The molecule has 3 fully saturated rings. The molecule has 3 saturated heterocycles. The van der Waals surface area contributed by atoms with Crippen molar-refractivity contribution in [2.75, 3.05) is 19.6 Å². The lowest BCUT2D eigenvalue weighted by atomic mass is 9.66. The monoisotopic (exact) mass is 422 g/mol. The predicted molar refractivity (Wildman–Crippen MR) is 122 cm³/mol. The molecule has 0 N–H and O–H groups in total. The molecule has 4 aliphatic rings. The number of benzene rings is 2. The van der Waals surface area contributed by atoms with Gasteiger partial charge >= 0.3 is 0 Å². The summed E-state index contributed by atoms with van der Waals surface area (Å²) in [5.41, 5.74) is 3.87. The molecule has 2 atom stereocenters. The molecule has 0 radical (unpaired) electrons. The van der Waals surface area contributed by atoms with Gasteiger partial charge in [-0.3, -0.25) is 9.69 Å². The van der Waals surface area contributed by atoms with Gasteiger partial charge in [0, 0.05) is 23.5 Å². The molecule has 0 aromatic heterocycles. The topological polar surface area (TPSA) is 23.6 Å². The van der Waals surface area contributed by atoms with Crippen LogP contribution in [0, 0.1) is 11.8 Å². The first-order valence-corrected chi connectivity index (χ1v) is 11.7. The number of rotatable bonds is 3. The van der Waals surface area contributed by atoms with E-state index in [1.807, 2.05) is 12.1 Å². The molecule has 158 valence electrons. The van der Waals surface area contributed by atoms with Crippen molar-refractivity contribution < 1.29 is 4.79 Å². The molecule has 4 heterocycles. The number of carbonyl (C=O) groups is 1. The lowest BCUT2D eigenvalue weighted by Gasteiger charge is -2.57. The first kappa shape index (κ1) is 20.1. The molecular formula is C26H31ClN2O. The highest BCUT2D eigenvalue weighted by Crippen LogP contribution is 2.46. The predicted octanol–water partition coefficient (Wildman–Crippen LogP) is 5.32. The van der Waals surface area contributed by atoms with Gasteiger partial charge in [0.1, 0.15) is 0 Å². The van der Waals surface area contributed by atoms with Crippen LogP contribution in [0.5, 0.6) is 0 Å². The Hall–Kier alpha value is -1.84. The van der Waals surface area contributed by atoms with E-state index in [0.717, 1.165) is 23.6 Å². The highest BCUT2D eigenvalue weighted by atomic mass is 35.5. The van der Waals surface area contributed by atoms with Crippen molar-refractivity contribution in [2.24, 2.45) is 11.8 Å². The quantitative estimate of drug-likeness (QED) is 0.667. The lowest BCUT2D eigenvalue weighted by molar-refractivity contribution is -0.140. The van der Waals surface area contributed by atoms with Crippen LogP contribution >= 0.6 is 11.6 Å². The van der Waals surface area contributed by atoms with Crippen molar-refractivity contribution in [1.82, 2.24) is 9.80 Å². The molecule has 2 aromatic carbocycles. The number of hydrogen-bond acceptors (Lipinski definition) is 2. The first-order valence-electron chi connectivity index (χ1n) is 11.3. The van der Waals surface area contributed by atoms with E-state index in [9.17, 15) is 4.79 Å². The Labute approximate surface area is 185 Å². The zero-order chi connectivity index (χ0) is 20.9. The average molecular weight is 423 g/mol. The van der Waals surface area contributed by atoms with Gasteiger partial charge in [0.2, 0.25) is 5.91 Å². The summed E-state index contributed by atoms with van der Waals surface area (Å²) in [6, 6.07) is 16.6. The summed E-state index contributed by atoms with van der Waals surface area (Å²) in [4.78, 5) is 18.5. The van der Waals surface area contributed by atoms with E-state index in [0.29, 0.717) is 24.2 Å². The van der Waals surface area contributed by atoms with Crippen LogP contribution in [0.25, 0.3) is 0 Å². The van der Waals surface area contributed by atoms with Crippen LogP contribution in [-0.2, 0) is 11.2 Å². The van der Waals surface area contributed by atoms with E-state index < -0.39 is 0 Å². The molecule has 2 aromatic rings. The highest BCUT2D eigenvalue weighted by Gasteiger charge is 2.48. The number of amides is 1. The second-order valence-corrected chi connectivity index (χ2v) is 10.2. The van der Waals surface area contributed by atoms with Crippen molar-refractivity contribution in [1.29, 1.82) is 0 Å². The van der Waals surface area contributed by atoms with Crippen LogP contribution in [0.2, 0.25) is 5.02 Å². The summed E-state index contributed by atoms with van der Waals surface area (Å²) < 4.78 is 0. The lowest BCUT2D eigenvalue weighted by Crippen LogP contribution is -2.62. The number of fused-ring (bicyclic) bond motifs is 4. The van der Waals surface area contributed by atoms with Gasteiger partial charge in [0.05, 0.1) is 6.04 Å². The van der Waals surface area contributed by atoms with E-state index >= 15 is 0 Å². The maximum absolute atomic E-state index is 13.8. The minimum atomic E-state index is -0.0242. The van der Waals surface area contributed by atoms with Gasteiger partial charge in [0.25, 0.3) is 0 Å². The molecular weight excluding hydrogens is 392 g/mol. The molecule has 30 heavy (non-hydrogen) atoms. The maximum atomic E-state index is 13.8. The Morgan fingerprint density at radius 3 is 2.43 bits per heavy atom. The smallest absolute Gasteiger partial charge is 0.223 e. The van der Waals surface area contributed by atoms with E-state index in [-0.39, 0.29) is 11.6 Å². The fourth-order valence-corrected chi connectivity index (χ4v) is 6.38. The normalized spacial score (nSPS) is 29.5. The molecule has 0 spiro atoms. The van der Waals surface area contributed by atoms with Gasteiger partial charge in [-0.25, -0.2) is 0 Å². The molecule has 0 aliphatic carbocycles. The van der Waals surface area contributed by atoms with Crippen molar-refractivity contribution in [3.05, 3.63) is 70.2 Å². The van der Waals surface area contributed by atoms with Crippen molar-refractivity contribution in [2.45, 2.75) is 51.1 Å². The Morgan fingerprint density at radius 2 is 1.73 bits per heavy atom. The van der Waals surface area contributed by atoms with Gasteiger partial charge in [0.15, 0.2) is 0 Å². The van der Waals surface area contributed by atoms with Crippen LogP contribution in [0.15, 0.2) is 48.5 Å². The molecule has 0 saturated carbocycles. The molecule has 3 nitrogen and oxygen atoms in total. The Kier molecular flexibility index (Phi) is 5.15. The summed E-state index contributed by atoms with van der Waals surface area (Å²) in [6.07, 6.45) is 4.06. The van der Waals surface area contributed by atoms with Gasteiger partial charge < -0.3 is 4.90 Å². The summed E-state index contributed by atoms with van der Waals surface area (Å²) >= 11 is 6.16. The van der Waals surface area contributed by atoms with Gasteiger partial charge in [-0.15, -0.1) is 0 Å². The molecule has 1 amide bonds. The fraction of sp³-hybridized carbons (Fsp3) is 0.500. The number of piperidine rings is 3. The molecule has 6 rings (SSSR count). The third kappa shape index (κ3) is 3.36. The van der Waals surface area contributed by atoms with E-state index in [4.69, 9.17) is 11.6 Å². The van der Waals surface area contributed by atoms with E-state index in [1.165, 1.54) is 37.1 Å². The Bertz CT molecular complexity index is 930. The van der Waals surface area contributed by atoms with Crippen LogP contribution in [0.1, 0.15) is 55.8 Å². The summed E-state index contributed by atoms with van der Waals surface area (Å²) in [5.74, 6) is 1.42. The molecule has 0 unspecified atom stereocenters. The summed E-state index contributed by atoms with van der Waals surface area (Å²) in [5, 5.41) is 0.731. The largest absolute Gasteiger partial charge is 0.331 e. The van der Waals surface area contributed by atoms with Crippen molar-refractivity contribution >= 4 is 17.5 Å². The minimum Gasteiger partial charge on any atom is -0.331 e. The van der Waals surface area contributed by atoms with Crippen LogP contribution in [0.4, 0.5) is 0 Å². The highest BCUT2D eigenvalue weighted by molar-refractivity contribution is 6.30. The van der Waals surface area contributed by atoms with Gasteiger partial charge in [-0.05, 0) is 86.9 Å². The van der Waals surface area contributed by atoms with Crippen LogP contribution in [-0.4, -0.2) is 40.9 Å². The maximum Gasteiger partial charge on any atom is 0.223 e. The summed E-state index contributed by atoms with van der Waals surface area (Å²) in [7, 11) is 0. The van der Waals surface area contributed by atoms with Gasteiger partial charge in [-0.2, -0.15) is 0 Å². The fourth-order valence-electron chi connectivity index (χ4n) is 6.25. The summed E-state index contributed by atoms with van der Waals surface area (Å²) in [6.45, 7) is 7.85. The molecule has 4 heteroatoms. The SMILES string of the molecule is CC1(C)[C@@H](CC(=O)N2CCc3ccccc3[C@@H]2c2ccc(Cl)cc2)C2CCN1CC2. The van der Waals surface area contributed by atoms with Crippen LogP contribution in [0.3, 0.4) is 0 Å². The second-order valence-electron chi connectivity index (χ2n) is 9.78. The number of carbonyl (C=O) groups excluding carboxylic acids is 1. The average Bonchev–Trinajstić information content (AvgIpc) is 2.76. The van der Waals surface area contributed by atoms with E-state index in [1.54, 1.807) is 0 Å². The Balaban J connectivity index is 1.46. The molecule has 2 bridgehead atoms. The number of nitrogens with zero attached hydrogens (tertiary/aromatic N) is 2. The number of hydrogen-bond donors (Lipinski definition) is 0. The zero-order valence-electron chi connectivity index (χ0n) is 18.0. The van der Waals surface area contributed by atoms with Gasteiger partial charge in [-0.1, -0.05) is 48.0 Å². The zero-order valence-corrected chi connectivity index (χ0v) is 18.7.